The molecule has 0 saturated carbocycles. The fourth-order valence-corrected chi connectivity index (χ4v) is 3.02. The highest BCUT2D eigenvalue weighted by Gasteiger charge is 2.43. The van der Waals surface area contributed by atoms with Gasteiger partial charge in [0, 0.05) is 10.8 Å². The highest BCUT2D eigenvalue weighted by atomic mass is 35.5. The Balaban J connectivity index is 3.12. The van der Waals surface area contributed by atoms with Crippen LogP contribution in [0.5, 0.6) is 0 Å². The number of hydrogen-bond donors (Lipinski definition) is 1. The van der Waals surface area contributed by atoms with E-state index >= 15 is 0 Å². The number of hydrogen-bond acceptors (Lipinski definition) is 3. The topological polar surface area (TPSA) is 54.4 Å². The van der Waals surface area contributed by atoms with Crippen LogP contribution in [0.2, 0.25) is 5.02 Å². The first-order valence-corrected chi connectivity index (χ1v) is 7.48. The largest absolute Gasteiger partial charge is 0.385 e. The minimum absolute atomic E-state index is 0.127. The van der Waals surface area contributed by atoms with Crippen LogP contribution in [0.15, 0.2) is 24.3 Å². The second kappa shape index (κ2) is 5.14. The maximum Gasteiger partial charge on any atom is 0.172 e. The maximum absolute atomic E-state index is 11.8. The average Bonchev–Trinajstić information content (AvgIpc) is 2.28. The van der Waals surface area contributed by atoms with E-state index in [1.165, 1.54) is 13.8 Å². The van der Waals surface area contributed by atoms with Crippen LogP contribution >= 0.6 is 23.2 Å². The van der Waals surface area contributed by atoms with Crippen molar-refractivity contribution in [3.05, 3.63) is 34.9 Å². The standard InChI is InChI=1S/C11H14Cl2O3S/c1-3-17(15,16)11(2,13)10(14)8-4-6-9(12)7-5-8/h4-7,10,14H,3H2,1-2H3/t10-,11-/m1/s1. The van der Waals surface area contributed by atoms with Crippen LogP contribution in [0, 0.1) is 0 Å². The molecule has 0 unspecified atom stereocenters. The predicted octanol–water partition coefficient (Wildman–Crippen LogP) is 2.76. The van der Waals surface area contributed by atoms with Gasteiger partial charge in [-0.1, -0.05) is 42.3 Å². The number of aliphatic hydroxyl groups excluding tert-OH is 1. The molecule has 0 aliphatic carbocycles. The van der Waals surface area contributed by atoms with E-state index in [2.05, 4.69) is 0 Å². The highest BCUT2D eigenvalue weighted by Crippen LogP contribution is 2.37. The fraction of sp³-hybridized carbons (Fsp3) is 0.455. The Labute approximate surface area is 111 Å². The van der Waals surface area contributed by atoms with Gasteiger partial charge in [0.15, 0.2) is 14.0 Å². The van der Waals surface area contributed by atoms with Crippen molar-refractivity contribution >= 4 is 33.0 Å². The van der Waals surface area contributed by atoms with Crippen molar-refractivity contribution in [2.45, 2.75) is 24.2 Å². The van der Waals surface area contributed by atoms with Gasteiger partial charge in [0.05, 0.1) is 0 Å². The lowest BCUT2D eigenvalue weighted by atomic mass is 10.1. The van der Waals surface area contributed by atoms with Gasteiger partial charge in [-0.25, -0.2) is 8.42 Å². The molecule has 1 N–H and O–H groups in total. The summed E-state index contributed by atoms with van der Waals surface area (Å²) in [7, 11) is -3.57. The van der Waals surface area contributed by atoms with Gasteiger partial charge < -0.3 is 5.11 Å². The monoisotopic (exact) mass is 296 g/mol. The highest BCUT2D eigenvalue weighted by molar-refractivity contribution is 7.94. The lowest BCUT2D eigenvalue weighted by molar-refractivity contribution is 0.162. The van der Waals surface area contributed by atoms with Crippen molar-refractivity contribution in [1.82, 2.24) is 0 Å². The molecule has 0 aliphatic rings. The van der Waals surface area contributed by atoms with Crippen molar-refractivity contribution < 1.29 is 13.5 Å². The molecule has 0 fully saturated rings. The van der Waals surface area contributed by atoms with Gasteiger partial charge in [-0.15, -0.1) is 0 Å². The molecule has 0 heterocycles. The Hall–Kier alpha value is -0.290. The van der Waals surface area contributed by atoms with E-state index in [0.29, 0.717) is 10.6 Å². The molecule has 96 valence electrons. The third kappa shape index (κ3) is 2.94. The number of aliphatic hydroxyl groups is 1. The molecular weight excluding hydrogens is 283 g/mol. The zero-order valence-corrected chi connectivity index (χ0v) is 11.9. The summed E-state index contributed by atoms with van der Waals surface area (Å²) in [4.78, 5) is 0. The van der Waals surface area contributed by atoms with Gasteiger partial charge in [-0.05, 0) is 24.6 Å². The second-order valence-electron chi connectivity index (χ2n) is 3.84. The predicted molar refractivity (Wildman–Crippen MR) is 70.1 cm³/mol. The number of alkyl halides is 1. The molecule has 0 amide bonds. The first kappa shape index (κ1) is 14.8. The van der Waals surface area contributed by atoms with Crippen LogP contribution in [-0.4, -0.2) is 23.5 Å². The van der Waals surface area contributed by atoms with E-state index in [4.69, 9.17) is 23.2 Å². The Morgan fingerprint density at radius 3 is 2.24 bits per heavy atom. The zero-order valence-electron chi connectivity index (χ0n) is 9.52. The number of sulfone groups is 1. The molecule has 6 heteroatoms. The molecule has 0 saturated heterocycles. The average molecular weight is 297 g/mol. The molecule has 0 spiro atoms. The molecule has 1 rings (SSSR count). The van der Waals surface area contributed by atoms with Crippen LogP contribution < -0.4 is 0 Å². The van der Waals surface area contributed by atoms with Crippen molar-refractivity contribution in [1.29, 1.82) is 0 Å². The maximum atomic E-state index is 11.8. The summed E-state index contributed by atoms with van der Waals surface area (Å²) >= 11 is 11.7. The van der Waals surface area contributed by atoms with Crippen molar-refractivity contribution in [3.63, 3.8) is 0 Å². The molecule has 1 aromatic carbocycles. The quantitative estimate of drug-likeness (QED) is 0.869. The van der Waals surface area contributed by atoms with E-state index in [0.717, 1.165) is 0 Å². The van der Waals surface area contributed by atoms with Crippen LogP contribution in [-0.2, 0) is 9.84 Å². The smallest absolute Gasteiger partial charge is 0.172 e. The Morgan fingerprint density at radius 2 is 1.82 bits per heavy atom. The van der Waals surface area contributed by atoms with Crippen LogP contribution in [0.25, 0.3) is 0 Å². The van der Waals surface area contributed by atoms with Crippen molar-refractivity contribution in [3.8, 4) is 0 Å². The van der Waals surface area contributed by atoms with Crippen LogP contribution in [0.3, 0.4) is 0 Å². The first-order chi connectivity index (χ1) is 7.72. The Morgan fingerprint density at radius 1 is 1.35 bits per heavy atom. The molecule has 2 atom stereocenters. The Bertz CT molecular complexity index is 480. The molecule has 1 aromatic rings. The summed E-state index contributed by atoms with van der Waals surface area (Å²) in [5.74, 6) is -0.127. The number of benzene rings is 1. The molecule has 0 aliphatic heterocycles. The summed E-state index contributed by atoms with van der Waals surface area (Å²) in [5, 5.41) is 10.6. The normalized spacial score (nSPS) is 17.5. The van der Waals surface area contributed by atoms with Gasteiger partial charge in [-0.3, -0.25) is 0 Å². The van der Waals surface area contributed by atoms with E-state index in [9.17, 15) is 13.5 Å². The second-order valence-corrected chi connectivity index (χ2v) is 7.94. The van der Waals surface area contributed by atoms with Gasteiger partial charge >= 0.3 is 0 Å². The molecule has 0 aromatic heterocycles. The lowest BCUT2D eigenvalue weighted by Crippen LogP contribution is -2.37. The molecular formula is C11H14Cl2O3S. The van der Waals surface area contributed by atoms with Gasteiger partial charge in [0.1, 0.15) is 6.10 Å². The summed E-state index contributed by atoms with van der Waals surface area (Å²) in [6.45, 7) is 2.79. The lowest BCUT2D eigenvalue weighted by Gasteiger charge is -2.27. The van der Waals surface area contributed by atoms with E-state index < -0.39 is 20.1 Å². The van der Waals surface area contributed by atoms with Gasteiger partial charge in [0.25, 0.3) is 0 Å². The van der Waals surface area contributed by atoms with Crippen LogP contribution in [0.1, 0.15) is 25.5 Å². The summed E-state index contributed by atoms with van der Waals surface area (Å²) in [6, 6.07) is 6.26. The fourth-order valence-electron chi connectivity index (χ4n) is 1.40. The molecule has 17 heavy (non-hydrogen) atoms. The molecule has 0 bridgehead atoms. The Kier molecular flexibility index (Phi) is 4.47. The van der Waals surface area contributed by atoms with Crippen molar-refractivity contribution in [2.75, 3.05) is 5.75 Å². The summed E-state index contributed by atoms with van der Waals surface area (Å²) in [6.07, 6.45) is -1.30. The van der Waals surface area contributed by atoms with Gasteiger partial charge in [-0.2, -0.15) is 0 Å². The number of halogens is 2. The van der Waals surface area contributed by atoms with Crippen molar-refractivity contribution in [2.24, 2.45) is 0 Å². The van der Waals surface area contributed by atoms with Crippen LogP contribution in [0.4, 0.5) is 0 Å². The van der Waals surface area contributed by atoms with E-state index in [1.54, 1.807) is 24.3 Å². The third-order valence-corrected chi connectivity index (χ3v) is 6.03. The summed E-state index contributed by atoms with van der Waals surface area (Å²) in [5.41, 5.74) is 0.420. The minimum Gasteiger partial charge on any atom is -0.385 e. The molecule has 3 nitrogen and oxygen atoms in total. The van der Waals surface area contributed by atoms with E-state index in [1.807, 2.05) is 0 Å². The van der Waals surface area contributed by atoms with E-state index in [-0.39, 0.29) is 5.75 Å². The first-order valence-electron chi connectivity index (χ1n) is 5.07. The number of rotatable bonds is 4. The SMILES string of the molecule is CCS(=O)(=O)[C@@](C)(Cl)[C@H](O)c1ccc(Cl)cc1. The third-order valence-electron chi connectivity index (χ3n) is 2.66. The van der Waals surface area contributed by atoms with Gasteiger partial charge in [0.2, 0.25) is 0 Å². The zero-order chi connectivity index (χ0) is 13.3. The summed E-state index contributed by atoms with van der Waals surface area (Å²) < 4.78 is 21.8. The minimum atomic E-state index is -3.57. The molecule has 0 radical (unpaired) electrons.